The first-order valence-electron chi connectivity index (χ1n) is 14.2. The van der Waals surface area contributed by atoms with Crippen molar-refractivity contribution in [3.8, 4) is 11.1 Å². The highest BCUT2D eigenvalue weighted by atomic mass is 19.4. The first kappa shape index (κ1) is 34.9. The highest BCUT2D eigenvalue weighted by Crippen LogP contribution is 2.38. The van der Waals surface area contributed by atoms with E-state index in [-0.39, 0.29) is 45.4 Å². The molecule has 0 aliphatic heterocycles. The molecule has 2 heterocycles. The second-order valence-corrected chi connectivity index (χ2v) is 11.0. The molecule has 1 amide bonds. The Morgan fingerprint density at radius 3 is 2.32 bits per heavy atom. The van der Waals surface area contributed by atoms with Gasteiger partial charge < -0.3 is 20.3 Å². The number of hydrogen-bond donors (Lipinski definition) is 3. The summed E-state index contributed by atoms with van der Waals surface area (Å²) in [4.78, 5) is 42.5. The molecule has 0 spiro atoms. The molecule has 250 valence electrons. The standard InChI is InChI=1S/C32H29F7N4O4/c1-5-25(32(37,38)39)41-23-14-22(33)20(11-15(23)2)28(44)42-24(30(46)47)13-17-8-9-19(27-18(17)7-6-10-40-27)26-21(31(34,35)36)12-16(3)43(4)29(26)45/h6-12,14,24-25,41H,5,13H2,1-4H3,(H,42,44)(H,46,47)/t24-,25+/m0/s1. The number of amides is 1. The number of hydrogen-bond acceptors (Lipinski definition) is 5. The Kier molecular flexibility index (Phi) is 9.69. The van der Waals surface area contributed by atoms with Gasteiger partial charge in [0.25, 0.3) is 11.5 Å². The summed E-state index contributed by atoms with van der Waals surface area (Å²) in [6, 6.07) is 4.36. The third-order valence-corrected chi connectivity index (χ3v) is 7.82. The zero-order valence-corrected chi connectivity index (χ0v) is 25.4. The number of alkyl halides is 6. The molecule has 0 aliphatic rings. The van der Waals surface area contributed by atoms with Crippen molar-refractivity contribution in [3.63, 3.8) is 0 Å². The Morgan fingerprint density at radius 1 is 1.04 bits per heavy atom. The van der Waals surface area contributed by atoms with Crippen LogP contribution in [0.3, 0.4) is 0 Å². The summed E-state index contributed by atoms with van der Waals surface area (Å²) in [7, 11) is 1.32. The van der Waals surface area contributed by atoms with Crippen LogP contribution in [0.1, 0.15) is 46.1 Å². The van der Waals surface area contributed by atoms with Crippen molar-refractivity contribution in [2.45, 2.75) is 58.0 Å². The molecular weight excluding hydrogens is 637 g/mol. The normalized spacial score (nSPS) is 13.3. The van der Waals surface area contributed by atoms with Crippen molar-refractivity contribution >= 4 is 28.5 Å². The van der Waals surface area contributed by atoms with Gasteiger partial charge in [-0.05, 0) is 55.7 Å². The van der Waals surface area contributed by atoms with Crippen molar-refractivity contribution in [2.24, 2.45) is 7.05 Å². The Bertz CT molecular complexity index is 1920. The van der Waals surface area contributed by atoms with Crippen LogP contribution in [0.25, 0.3) is 22.0 Å². The number of benzene rings is 2. The molecule has 0 aliphatic carbocycles. The lowest BCUT2D eigenvalue weighted by Gasteiger charge is -2.23. The molecule has 0 unspecified atom stereocenters. The minimum Gasteiger partial charge on any atom is -0.480 e. The fourth-order valence-electron chi connectivity index (χ4n) is 5.19. The van der Waals surface area contributed by atoms with Gasteiger partial charge in [0.15, 0.2) is 0 Å². The quantitative estimate of drug-likeness (QED) is 0.175. The maximum atomic E-state index is 15.0. The Balaban J connectivity index is 1.70. The summed E-state index contributed by atoms with van der Waals surface area (Å²) in [5, 5.41) is 14.5. The van der Waals surface area contributed by atoms with E-state index in [1.54, 1.807) is 0 Å². The van der Waals surface area contributed by atoms with Crippen molar-refractivity contribution in [2.75, 3.05) is 5.32 Å². The van der Waals surface area contributed by atoms with E-state index in [1.807, 2.05) is 0 Å². The minimum atomic E-state index is -4.89. The zero-order valence-electron chi connectivity index (χ0n) is 25.4. The fourth-order valence-corrected chi connectivity index (χ4v) is 5.19. The van der Waals surface area contributed by atoms with E-state index >= 15 is 0 Å². The number of aromatic nitrogens is 2. The number of nitrogens with one attached hydrogen (secondary N) is 2. The van der Waals surface area contributed by atoms with Crippen molar-refractivity contribution < 1.29 is 45.4 Å². The summed E-state index contributed by atoms with van der Waals surface area (Å²) in [6.45, 7) is 4.00. The lowest BCUT2D eigenvalue weighted by atomic mass is 9.93. The number of carbonyl (C=O) groups is 2. The number of aryl methyl sites for hydroxylation is 2. The van der Waals surface area contributed by atoms with Crippen LogP contribution in [-0.2, 0) is 24.4 Å². The molecule has 8 nitrogen and oxygen atoms in total. The van der Waals surface area contributed by atoms with Crippen LogP contribution in [0.5, 0.6) is 0 Å². The number of anilines is 1. The SMILES string of the molecule is CC[C@@H](Nc1cc(F)c(C(=O)N[C@@H](Cc2ccc(-c3c(C(F)(F)F)cc(C)n(C)c3=O)c3ncccc23)C(=O)O)cc1C)C(F)(F)F. The van der Waals surface area contributed by atoms with Gasteiger partial charge in [0.2, 0.25) is 0 Å². The predicted molar refractivity (Wildman–Crippen MR) is 160 cm³/mol. The van der Waals surface area contributed by atoms with Crippen LogP contribution >= 0.6 is 0 Å². The molecule has 0 saturated carbocycles. The maximum absolute atomic E-state index is 15.0. The monoisotopic (exact) mass is 666 g/mol. The number of rotatable bonds is 9. The lowest BCUT2D eigenvalue weighted by Crippen LogP contribution is -2.42. The number of fused-ring (bicyclic) bond motifs is 1. The molecule has 2 aromatic carbocycles. The second kappa shape index (κ2) is 13.0. The molecule has 0 saturated heterocycles. The molecule has 2 atom stereocenters. The van der Waals surface area contributed by atoms with E-state index in [0.29, 0.717) is 0 Å². The van der Waals surface area contributed by atoms with E-state index < -0.39 is 70.8 Å². The van der Waals surface area contributed by atoms with Gasteiger partial charge in [0.1, 0.15) is 17.9 Å². The van der Waals surface area contributed by atoms with Gasteiger partial charge in [0, 0.05) is 42.0 Å². The molecule has 4 rings (SSSR count). The number of pyridine rings is 2. The highest BCUT2D eigenvalue weighted by molar-refractivity contribution is 5.99. The van der Waals surface area contributed by atoms with Crippen LogP contribution in [0.2, 0.25) is 0 Å². The van der Waals surface area contributed by atoms with Gasteiger partial charge >= 0.3 is 18.3 Å². The van der Waals surface area contributed by atoms with Crippen molar-refractivity contribution in [1.29, 1.82) is 0 Å². The second-order valence-electron chi connectivity index (χ2n) is 11.0. The van der Waals surface area contributed by atoms with E-state index in [9.17, 15) is 50.2 Å². The molecular formula is C32H29F7N4O4. The number of aliphatic carboxylic acids is 1. The van der Waals surface area contributed by atoms with Gasteiger partial charge in [-0.25, -0.2) is 9.18 Å². The summed E-state index contributed by atoms with van der Waals surface area (Å²) in [5.41, 5.74) is -3.32. The number of carboxylic acid groups (broad SMARTS) is 1. The minimum absolute atomic E-state index is 0.0269. The van der Waals surface area contributed by atoms with Crippen molar-refractivity contribution in [3.05, 3.63) is 92.8 Å². The van der Waals surface area contributed by atoms with Crippen molar-refractivity contribution in [1.82, 2.24) is 14.9 Å². The average molecular weight is 667 g/mol. The van der Waals surface area contributed by atoms with Crippen LogP contribution in [-0.4, -0.2) is 44.8 Å². The molecule has 2 aromatic heterocycles. The molecule has 47 heavy (non-hydrogen) atoms. The molecule has 0 bridgehead atoms. The molecule has 0 radical (unpaired) electrons. The molecule has 3 N–H and O–H groups in total. The third-order valence-electron chi connectivity index (χ3n) is 7.82. The smallest absolute Gasteiger partial charge is 0.417 e. The average Bonchev–Trinajstić information content (AvgIpc) is 2.98. The zero-order chi connectivity index (χ0) is 35.0. The van der Waals surface area contributed by atoms with Crippen LogP contribution in [0, 0.1) is 19.7 Å². The van der Waals surface area contributed by atoms with E-state index in [4.69, 9.17) is 0 Å². The number of carboxylic acids is 1. The molecule has 15 heteroatoms. The summed E-state index contributed by atoms with van der Waals surface area (Å²) in [5.74, 6) is -3.89. The lowest BCUT2D eigenvalue weighted by molar-refractivity contribution is -0.143. The van der Waals surface area contributed by atoms with Gasteiger partial charge in [-0.15, -0.1) is 0 Å². The number of halogens is 7. The topological polar surface area (TPSA) is 113 Å². The third kappa shape index (κ3) is 7.23. The first-order chi connectivity index (χ1) is 21.8. The fraction of sp³-hybridized carbons (Fsp3) is 0.312. The van der Waals surface area contributed by atoms with E-state index in [1.165, 1.54) is 58.3 Å². The van der Waals surface area contributed by atoms with Gasteiger partial charge in [-0.2, -0.15) is 26.3 Å². The summed E-state index contributed by atoms with van der Waals surface area (Å²) < 4.78 is 97.9. The Hall–Kier alpha value is -4.95. The van der Waals surface area contributed by atoms with E-state index in [0.717, 1.165) is 22.8 Å². The molecule has 0 fully saturated rings. The van der Waals surface area contributed by atoms with Gasteiger partial charge in [0.05, 0.1) is 22.2 Å². The van der Waals surface area contributed by atoms with Gasteiger partial charge in [-0.1, -0.05) is 25.1 Å². The van der Waals surface area contributed by atoms with Crippen LogP contribution < -0.4 is 16.2 Å². The highest BCUT2D eigenvalue weighted by Gasteiger charge is 2.39. The number of nitrogens with zero attached hydrogens (tertiary/aromatic N) is 2. The largest absolute Gasteiger partial charge is 0.480 e. The van der Waals surface area contributed by atoms with Crippen LogP contribution in [0.4, 0.5) is 36.4 Å². The number of carbonyl (C=O) groups excluding carboxylic acids is 1. The Labute approximate surface area is 263 Å². The van der Waals surface area contributed by atoms with Gasteiger partial charge in [-0.3, -0.25) is 14.6 Å². The predicted octanol–water partition coefficient (Wildman–Crippen LogP) is 6.55. The van der Waals surface area contributed by atoms with E-state index in [2.05, 4.69) is 15.6 Å². The summed E-state index contributed by atoms with van der Waals surface area (Å²) >= 11 is 0. The van der Waals surface area contributed by atoms with Crippen LogP contribution in [0.15, 0.2) is 53.5 Å². The maximum Gasteiger partial charge on any atom is 0.417 e. The first-order valence-corrected chi connectivity index (χ1v) is 14.2. The molecule has 4 aromatic rings. The summed E-state index contributed by atoms with van der Waals surface area (Å²) in [6.07, 6.45) is -8.98. The Morgan fingerprint density at radius 2 is 1.72 bits per heavy atom.